The third-order valence-electron chi connectivity index (χ3n) is 3.69. The summed E-state index contributed by atoms with van der Waals surface area (Å²) in [5.74, 6) is -1.38. The molecule has 0 spiro atoms. The fourth-order valence-corrected chi connectivity index (χ4v) is 2.29. The molecule has 1 aromatic carbocycles. The van der Waals surface area contributed by atoms with Gasteiger partial charge in [0.25, 0.3) is 5.91 Å². The number of nitrogens with one attached hydrogen (secondary N) is 2. The van der Waals surface area contributed by atoms with Gasteiger partial charge in [-0.05, 0) is 52.0 Å². The second kappa shape index (κ2) is 10.3. The maximum atomic E-state index is 12.0. The highest BCUT2D eigenvalue weighted by molar-refractivity contribution is 5.92. The van der Waals surface area contributed by atoms with E-state index < -0.39 is 24.5 Å². The van der Waals surface area contributed by atoms with Crippen molar-refractivity contribution in [3.05, 3.63) is 29.8 Å². The van der Waals surface area contributed by atoms with Crippen LogP contribution in [0.2, 0.25) is 0 Å². The lowest BCUT2D eigenvalue weighted by molar-refractivity contribution is -0.130. The van der Waals surface area contributed by atoms with Crippen molar-refractivity contribution in [3.63, 3.8) is 0 Å². The molecule has 0 aliphatic heterocycles. The summed E-state index contributed by atoms with van der Waals surface area (Å²) < 4.78 is 4.99. The second-order valence-corrected chi connectivity index (χ2v) is 5.48. The highest BCUT2D eigenvalue weighted by Gasteiger charge is 2.16. The van der Waals surface area contributed by atoms with Gasteiger partial charge in [-0.15, -0.1) is 0 Å². The Morgan fingerprint density at radius 3 is 2.20 bits per heavy atom. The maximum absolute atomic E-state index is 12.0. The van der Waals surface area contributed by atoms with E-state index >= 15 is 0 Å². The molecule has 2 N–H and O–H groups in total. The van der Waals surface area contributed by atoms with E-state index in [2.05, 4.69) is 29.4 Å². The normalized spacial score (nSPS) is 11.4. The molecule has 0 unspecified atom stereocenters. The molecular weight excluding hydrogens is 322 g/mol. The van der Waals surface area contributed by atoms with Crippen LogP contribution in [0, 0.1) is 0 Å². The van der Waals surface area contributed by atoms with Gasteiger partial charge in [-0.3, -0.25) is 9.59 Å². The molecule has 0 saturated heterocycles. The van der Waals surface area contributed by atoms with Crippen LogP contribution in [0.4, 0.5) is 5.69 Å². The number of carbonyl (C=O) groups excluding carboxylic acids is 3. The molecular formula is C18H27N3O4. The number of rotatable bonds is 9. The molecule has 1 atom stereocenters. The van der Waals surface area contributed by atoms with Gasteiger partial charge < -0.3 is 20.3 Å². The molecule has 0 saturated carbocycles. The third-order valence-corrected chi connectivity index (χ3v) is 3.69. The van der Waals surface area contributed by atoms with E-state index in [-0.39, 0.29) is 5.91 Å². The van der Waals surface area contributed by atoms with Gasteiger partial charge in [0.05, 0.1) is 5.56 Å². The molecule has 2 amide bonds. The van der Waals surface area contributed by atoms with Crippen molar-refractivity contribution >= 4 is 23.5 Å². The van der Waals surface area contributed by atoms with Crippen molar-refractivity contribution in [2.75, 3.05) is 31.1 Å². The lowest BCUT2D eigenvalue weighted by Crippen LogP contribution is -2.46. The monoisotopic (exact) mass is 349 g/mol. The Hall–Kier alpha value is -2.57. The van der Waals surface area contributed by atoms with Crippen LogP contribution >= 0.6 is 0 Å². The van der Waals surface area contributed by atoms with Crippen LogP contribution in [-0.2, 0) is 14.3 Å². The first-order valence-corrected chi connectivity index (χ1v) is 8.52. The number of nitrogens with zero attached hydrogens (tertiary/aromatic N) is 1. The Labute approximate surface area is 148 Å². The standard InChI is InChI=1S/C18H27N3O4/c1-5-19-17(23)13(4)20-16(22)12-25-18(24)14-8-10-15(11-9-14)21(6-2)7-3/h8-11,13H,5-7,12H2,1-4H3,(H,19,23)(H,20,22)/t13-/m1/s1. The van der Waals surface area contributed by atoms with Gasteiger partial charge in [-0.25, -0.2) is 4.79 Å². The summed E-state index contributed by atoms with van der Waals surface area (Å²) in [5.41, 5.74) is 1.40. The number of esters is 1. The highest BCUT2D eigenvalue weighted by Crippen LogP contribution is 2.15. The average molecular weight is 349 g/mol. The lowest BCUT2D eigenvalue weighted by atomic mass is 10.2. The third kappa shape index (κ3) is 6.45. The Kier molecular flexibility index (Phi) is 8.46. The van der Waals surface area contributed by atoms with Gasteiger partial charge in [0, 0.05) is 25.3 Å². The average Bonchev–Trinajstić information content (AvgIpc) is 2.61. The molecule has 25 heavy (non-hydrogen) atoms. The number of benzene rings is 1. The van der Waals surface area contributed by atoms with Crippen LogP contribution in [0.15, 0.2) is 24.3 Å². The molecule has 0 bridgehead atoms. The number of carbonyl (C=O) groups is 3. The molecule has 0 aliphatic rings. The summed E-state index contributed by atoms with van der Waals surface area (Å²) in [4.78, 5) is 37.4. The van der Waals surface area contributed by atoms with Gasteiger partial charge >= 0.3 is 5.97 Å². The summed E-state index contributed by atoms with van der Waals surface area (Å²) in [5, 5.41) is 5.08. The zero-order chi connectivity index (χ0) is 18.8. The largest absolute Gasteiger partial charge is 0.452 e. The van der Waals surface area contributed by atoms with Crippen molar-refractivity contribution in [2.45, 2.75) is 33.7 Å². The first-order valence-electron chi connectivity index (χ1n) is 8.52. The smallest absolute Gasteiger partial charge is 0.338 e. The summed E-state index contributed by atoms with van der Waals surface area (Å²) in [6, 6.07) is 6.36. The number of hydrogen-bond acceptors (Lipinski definition) is 5. The number of amides is 2. The Morgan fingerprint density at radius 1 is 1.08 bits per heavy atom. The second-order valence-electron chi connectivity index (χ2n) is 5.48. The van der Waals surface area contributed by atoms with Crippen LogP contribution in [0.5, 0.6) is 0 Å². The Bertz CT molecular complexity index is 582. The predicted octanol–water partition coefficient (Wildman–Crippen LogP) is 1.33. The van der Waals surface area contributed by atoms with E-state index in [0.717, 1.165) is 18.8 Å². The topological polar surface area (TPSA) is 87.7 Å². The predicted molar refractivity (Wildman–Crippen MR) is 96.6 cm³/mol. The Balaban J connectivity index is 2.51. The molecule has 7 nitrogen and oxygen atoms in total. The van der Waals surface area contributed by atoms with Gasteiger partial charge in [0.15, 0.2) is 6.61 Å². The minimum absolute atomic E-state index is 0.283. The number of anilines is 1. The lowest BCUT2D eigenvalue weighted by Gasteiger charge is -2.20. The SMILES string of the molecule is CCNC(=O)[C@@H](C)NC(=O)COC(=O)c1ccc(N(CC)CC)cc1. The van der Waals surface area contributed by atoms with E-state index in [1.165, 1.54) is 0 Å². The van der Waals surface area contributed by atoms with Gasteiger partial charge in [0.2, 0.25) is 5.91 Å². The maximum Gasteiger partial charge on any atom is 0.338 e. The molecule has 1 rings (SSSR count). The van der Waals surface area contributed by atoms with E-state index in [0.29, 0.717) is 12.1 Å². The number of likely N-dealkylation sites (N-methyl/N-ethyl adjacent to an activating group) is 1. The minimum atomic E-state index is -0.681. The van der Waals surface area contributed by atoms with Crippen LogP contribution in [0.3, 0.4) is 0 Å². The van der Waals surface area contributed by atoms with E-state index in [9.17, 15) is 14.4 Å². The first-order chi connectivity index (χ1) is 11.9. The fraction of sp³-hybridized carbons (Fsp3) is 0.500. The van der Waals surface area contributed by atoms with Crippen LogP contribution < -0.4 is 15.5 Å². The van der Waals surface area contributed by atoms with Gasteiger partial charge in [-0.1, -0.05) is 0 Å². The number of hydrogen-bond donors (Lipinski definition) is 2. The van der Waals surface area contributed by atoms with Crippen molar-refractivity contribution in [2.24, 2.45) is 0 Å². The van der Waals surface area contributed by atoms with Gasteiger partial charge in [0.1, 0.15) is 6.04 Å². The minimum Gasteiger partial charge on any atom is -0.452 e. The van der Waals surface area contributed by atoms with E-state index in [1.54, 1.807) is 26.0 Å². The molecule has 0 fully saturated rings. The zero-order valence-corrected chi connectivity index (χ0v) is 15.3. The molecule has 0 aliphatic carbocycles. The van der Waals surface area contributed by atoms with Crippen molar-refractivity contribution in [1.29, 1.82) is 0 Å². The number of ether oxygens (including phenoxy) is 1. The molecule has 0 heterocycles. The van der Waals surface area contributed by atoms with Gasteiger partial charge in [-0.2, -0.15) is 0 Å². The summed E-state index contributed by atoms with van der Waals surface area (Å²) in [6.45, 7) is 9.29. The quantitative estimate of drug-likeness (QED) is 0.657. The van der Waals surface area contributed by atoms with Crippen LogP contribution in [0.1, 0.15) is 38.1 Å². The first kappa shape index (κ1) is 20.5. The molecule has 138 valence electrons. The van der Waals surface area contributed by atoms with Crippen molar-refractivity contribution < 1.29 is 19.1 Å². The Morgan fingerprint density at radius 2 is 1.68 bits per heavy atom. The van der Waals surface area contributed by atoms with Crippen molar-refractivity contribution in [3.8, 4) is 0 Å². The van der Waals surface area contributed by atoms with E-state index in [1.807, 2.05) is 12.1 Å². The highest BCUT2D eigenvalue weighted by atomic mass is 16.5. The summed E-state index contributed by atoms with van der Waals surface area (Å²) >= 11 is 0. The fourth-order valence-electron chi connectivity index (χ4n) is 2.29. The summed E-state index contributed by atoms with van der Waals surface area (Å²) in [6.07, 6.45) is 0. The molecule has 1 aromatic rings. The van der Waals surface area contributed by atoms with E-state index in [4.69, 9.17) is 4.74 Å². The molecule has 0 radical (unpaired) electrons. The van der Waals surface area contributed by atoms with Crippen LogP contribution in [0.25, 0.3) is 0 Å². The van der Waals surface area contributed by atoms with Crippen LogP contribution in [-0.4, -0.2) is 50.1 Å². The van der Waals surface area contributed by atoms with Crippen molar-refractivity contribution in [1.82, 2.24) is 10.6 Å². The molecule has 0 aromatic heterocycles. The summed E-state index contributed by atoms with van der Waals surface area (Å²) in [7, 11) is 0. The molecule has 7 heteroatoms. The zero-order valence-electron chi connectivity index (χ0n) is 15.3.